The minimum absolute atomic E-state index is 0.177. The SMILES string of the molecule is CC[C@@H]1CN(C(=O)OC(C)(C)C)[C@@H](CC)CN1. The summed E-state index contributed by atoms with van der Waals surface area (Å²) in [6, 6.07) is 0.651. The number of amides is 1. The standard InChI is InChI=1S/C13H26N2O2/c1-6-10-9-15(11(7-2)8-14-10)12(16)17-13(3,4)5/h10-11,14H,6-9H2,1-5H3/t10-,11+/m1/s1. The van der Waals surface area contributed by atoms with Gasteiger partial charge in [-0.25, -0.2) is 4.79 Å². The zero-order valence-electron chi connectivity index (χ0n) is 11.7. The number of carbonyl (C=O) groups is 1. The maximum Gasteiger partial charge on any atom is 0.410 e. The number of hydrogen-bond acceptors (Lipinski definition) is 3. The highest BCUT2D eigenvalue weighted by Gasteiger charge is 2.32. The summed E-state index contributed by atoms with van der Waals surface area (Å²) < 4.78 is 5.46. The predicted octanol–water partition coefficient (Wildman–Crippen LogP) is 2.38. The van der Waals surface area contributed by atoms with Crippen LogP contribution in [0.5, 0.6) is 0 Å². The molecule has 0 aliphatic carbocycles. The van der Waals surface area contributed by atoms with E-state index in [9.17, 15) is 4.79 Å². The van der Waals surface area contributed by atoms with Crippen LogP contribution < -0.4 is 5.32 Å². The van der Waals surface area contributed by atoms with Gasteiger partial charge in [-0.1, -0.05) is 13.8 Å². The lowest BCUT2D eigenvalue weighted by molar-refractivity contribution is 0.00684. The van der Waals surface area contributed by atoms with Gasteiger partial charge in [-0.05, 0) is 33.6 Å². The van der Waals surface area contributed by atoms with Crippen LogP contribution in [-0.4, -0.2) is 41.8 Å². The minimum atomic E-state index is -0.415. The molecule has 1 rings (SSSR count). The van der Waals surface area contributed by atoms with E-state index in [1.807, 2.05) is 25.7 Å². The Morgan fingerprint density at radius 1 is 1.35 bits per heavy atom. The predicted molar refractivity (Wildman–Crippen MR) is 69.1 cm³/mol. The first-order chi connectivity index (χ1) is 7.87. The highest BCUT2D eigenvalue weighted by atomic mass is 16.6. The van der Waals surface area contributed by atoms with Gasteiger partial charge in [0.15, 0.2) is 0 Å². The molecule has 100 valence electrons. The van der Waals surface area contributed by atoms with Crippen molar-refractivity contribution >= 4 is 6.09 Å². The number of nitrogens with zero attached hydrogens (tertiary/aromatic N) is 1. The van der Waals surface area contributed by atoms with Crippen molar-refractivity contribution in [1.29, 1.82) is 0 Å². The first-order valence-corrected chi connectivity index (χ1v) is 6.60. The molecule has 1 N–H and O–H groups in total. The van der Waals surface area contributed by atoms with Crippen molar-refractivity contribution in [2.45, 2.75) is 65.1 Å². The summed E-state index contributed by atoms with van der Waals surface area (Å²) in [5.41, 5.74) is -0.415. The topological polar surface area (TPSA) is 41.6 Å². The molecule has 1 fully saturated rings. The van der Waals surface area contributed by atoms with Crippen molar-refractivity contribution in [3.63, 3.8) is 0 Å². The summed E-state index contributed by atoms with van der Waals surface area (Å²) in [4.78, 5) is 14.0. The third-order valence-corrected chi connectivity index (χ3v) is 3.09. The van der Waals surface area contributed by atoms with Crippen LogP contribution in [0, 0.1) is 0 Å². The molecule has 1 aliphatic heterocycles. The monoisotopic (exact) mass is 242 g/mol. The second-order valence-electron chi connectivity index (χ2n) is 5.71. The van der Waals surface area contributed by atoms with Crippen molar-refractivity contribution in [3.8, 4) is 0 Å². The van der Waals surface area contributed by atoms with Crippen molar-refractivity contribution < 1.29 is 9.53 Å². The number of carbonyl (C=O) groups excluding carboxylic acids is 1. The third-order valence-electron chi connectivity index (χ3n) is 3.09. The number of ether oxygens (including phenoxy) is 1. The highest BCUT2D eigenvalue weighted by molar-refractivity contribution is 5.68. The Morgan fingerprint density at radius 2 is 2.00 bits per heavy atom. The summed E-state index contributed by atoms with van der Waals surface area (Å²) >= 11 is 0. The van der Waals surface area contributed by atoms with Crippen LogP contribution >= 0.6 is 0 Å². The van der Waals surface area contributed by atoms with Crippen LogP contribution in [0.25, 0.3) is 0 Å². The summed E-state index contributed by atoms with van der Waals surface area (Å²) in [5.74, 6) is 0. The van der Waals surface area contributed by atoms with E-state index >= 15 is 0 Å². The van der Waals surface area contributed by atoms with E-state index < -0.39 is 5.60 Å². The lowest BCUT2D eigenvalue weighted by atomic mass is 10.1. The lowest BCUT2D eigenvalue weighted by Gasteiger charge is -2.40. The largest absolute Gasteiger partial charge is 0.444 e. The highest BCUT2D eigenvalue weighted by Crippen LogP contribution is 2.17. The maximum atomic E-state index is 12.1. The second-order valence-corrected chi connectivity index (χ2v) is 5.71. The molecule has 1 saturated heterocycles. The first kappa shape index (κ1) is 14.3. The smallest absolute Gasteiger partial charge is 0.410 e. The van der Waals surface area contributed by atoms with Gasteiger partial charge in [-0.2, -0.15) is 0 Å². The van der Waals surface area contributed by atoms with Crippen LogP contribution in [0.3, 0.4) is 0 Å². The van der Waals surface area contributed by atoms with Crippen LogP contribution in [-0.2, 0) is 4.74 Å². The van der Waals surface area contributed by atoms with E-state index in [2.05, 4.69) is 19.2 Å². The summed E-state index contributed by atoms with van der Waals surface area (Å²) in [6.45, 7) is 11.6. The van der Waals surface area contributed by atoms with E-state index in [1.165, 1.54) is 0 Å². The van der Waals surface area contributed by atoms with Gasteiger partial charge < -0.3 is 15.0 Å². The minimum Gasteiger partial charge on any atom is -0.444 e. The Hall–Kier alpha value is -0.770. The number of piperazine rings is 1. The van der Waals surface area contributed by atoms with Crippen LogP contribution in [0.1, 0.15) is 47.5 Å². The molecular formula is C13H26N2O2. The van der Waals surface area contributed by atoms with Gasteiger partial charge in [0.25, 0.3) is 0 Å². The second kappa shape index (κ2) is 5.71. The van der Waals surface area contributed by atoms with E-state index in [4.69, 9.17) is 4.74 Å². The molecule has 0 unspecified atom stereocenters. The normalized spacial score (nSPS) is 25.8. The summed E-state index contributed by atoms with van der Waals surface area (Å²) in [7, 11) is 0. The molecule has 0 aromatic carbocycles. The fourth-order valence-electron chi connectivity index (χ4n) is 2.05. The first-order valence-electron chi connectivity index (χ1n) is 6.60. The van der Waals surface area contributed by atoms with Crippen molar-refractivity contribution in [2.24, 2.45) is 0 Å². The van der Waals surface area contributed by atoms with Crippen LogP contribution in [0.2, 0.25) is 0 Å². The van der Waals surface area contributed by atoms with Gasteiger partial charge in [-0.15, -0.1) is 0 Å². The average molecular weight is 242 g/mol. The fraction of sp³-hybridized carbons (Fsp3) is 0.923. The zero-order chi connectivity index (χ0) is 13.1. The van der Waals surface area contributed by atoms with Crippen LogP contribution in [0.4, 0.5) is 4.79 Å². The molecule has 0 saturated carbocycles. The van der Waals surface area contributed by atoms with Crippen molar-refractivity contribution in [3.05, 3.63) is 0 Å². The molecule has 1 aliphatic rings. The van der Waals surface area contributed by atoms with Crippen LogP contribution in [0.15, 0.2) is 0 Å². The maximum absolute atomic E-state index is 12.1. The van der Waals surface area contributed by atoms with E-state index in [0.29, 0.717) is 6.04 Å². The van der Waals surface area contributed by atoms with E-state index in [-0.39, 0.29) is 12.1 Å². The Labute approximate surface area is 105 Å². The Kier molecular flexibility index (Phi) is 4.80. The molecule has 2 atom stereocenters. The van der Waals surface area contributed by atoms with E-state index in [0.717, 1.165) is 25.9 Å². The Morgan fingerprint density at radius 3 is 2.47 bits per heavy atom. The fourth-order valence-corrected chi connectivity index (χ4v) is 2.05. The number of rotatable bonds is 2. The molecule has 4 heteroatoms. The molecule has 1 heterocycles. The quantitative estimate of drug-likeness (QED) is 0.808. The summed E-state index contributed by atoms with van der Waals surface area (Å²) in [6.07, 6.45) is 1.82. The molecule has 0 radical (unpaired) electrons. The molecule has 0 aromatic rings. The molecule has 1 amide bonds. The van der Waals surface area contributed by atoms with Gasteiger partial charge in [0.1, 0.15) is 5.60 Å². The van der Waals surface area contributed by atoms with Gasteiger partial charge in [0.05, 0.1) is 0 Å². The molecule has 0 spiro atoms. The number of hydrogen-bond donors (Lipinski definition) is 1. The summed E-state index contributed by atoms with van der Waals surface area (Å²) in [5, 5.41) is 3.47. The van der Waals surface area contributed by atoms with E-state index in [1.54, 1.807) is 0 Å². The van der Waals surface area contributed by atoms with Gasteiger partial charge >= 0.3 is 6.09 Å². The van der Waals surface area contributed by atoms with Gasteiger partial charge in [0, 0.05) is 25.2 Å². The van der Waals surface area contributed by atoms with Gasteiger partial charge in [-0.3, -0.25) is 0 Å². The molecule has 0 bridgehead atoms. The van der Waals surface area contributed by atoms with Crippen molar-refractivity contribution in [1.82, 2.24) is 10.2 Å². The third kappa shape index (κ3) is 4.19. The van der Waals surface area contributed by atoms with Crippen molar-refractivity contribution in [2.75, 3.05) is 13.1 Å². The van der Waals surface area contributed by atoms with Gasteiger partial charge in [0.2, 0.25) is 0 Å². The molecule has 0 aromatic heterocycles. The Bertz CT molecular complexity index is 261. The molecular weight excluding hydrogens is 216 g/mol. The lowest BCUT2D eigenvalue weighted by Crippen LogP contribution is -2.58. The average Bonchev–Trinajstić information content (AvgIpc) is 2.25. The zero-order valence-corrected chi connectivity index (χ0v) is 11.7. The molecule has 17 heavy (non-hydrogen) atoms. The number of nitrogens with one attached hydrogen (secondary N) is 1. The Balaban J connectivity index is 2.66. The molecule has 4 nitrogen and oxygen atoms in total.